The average molecular weight is 335 g/mol. The highest BCUT2D eigenvalue weighted by molar-refractivity contribution is 9.10. The molecule has 0 fully saturated rings. The van der Waals surface area contributed by atoms with Crippen LogP contribution in [-0.2, 0) is 10.8 Å². The largest absolute Gasteiger partial charge is 0.351 e. The molecule has 0 aliphatic carbocycles. The molecule has 0 saturated heterocycles. The number of amides is 1. The van der Waals surface area contributed by atoms with Crippen LogP contribution < -0.4 is 5.32 Å². The molecule has 1 aromatic heterocycles. The summed E-state index contributed by atoms with van der Waals surface area (Å²) in [5.74, 6) is 0.533. The van der Waals surface area contributed by atoms with Crippen molar-refractivity contribution < 1.29 is 9.00 Å². The van der Waals surface area contributed by atoms with E-state index in [2.05, 4.69) is 21.2 Å². The van der Waals surface area contributed by atoms with Crippen molar-refractivity contribution in [1.82, 2.24) is 9.88 Å². The van der Waals surface area contributed by atoms with Gasteiger partial charge in [0.2, 0.25) is 0 Å². The standard InChI is InChI=1S/C12H19BrN2O2S/c1-9(2)15-8-10(13)7-11(15)12(16)14-5-4-6-18(3)17/h7-9H,4-6H2,1-3H3,(H,14,16). The van der Waals surface area contributed by atoms with Crippen LogP contribution in [0, 0.1) is 0 Å². The number of rotatable bonds is 6. The van der Waals surface area contributed by atoms with Crippen molar-refractivity contribution in [3.63, 3.8) is 0 Å². The quantitative estimate of drug-likeness (QED) is 0.811. The van der Waals surface area contributed by atoms with E-state index in [1.807, 2.05) is 30.7 Å². The molecular weight excluding hydrogens is 316 g/mol. The van der Waals surface area contributed by atoms with Gasteiger partial charge in [-0.3, -0.25) is 9.00 Å². The highest BCUT2D eigenvalue weighted by atomic mass is 79.9. The van der Waals surface area contributed by atoms with E-state index in [1.165, 1.54) is 0 Å². The maximum atomic E-state index is 12.0. The van der Waals surface area contributed by atoms with Gasteiger partial charge in [0.1, 0.15) is 5.69 Å². The van der Waals surface area contributed by atoms with E-state index in [0.717, 1.165) is 10.9 Å². The van der Waals surface area contributed by atoms with Gasteiger partial charge in [0.05, 0.1) is 0 Å². The Morgan fingerprint density at radius 1 is 1.56 bits per heavy atom. The summed E-state index contributed by atoms with van der Waals surface area (Å²) in [4.78, 5) is 12.0. The van der Waals surface area contributed by atoms with Gasteiger partial charge in [0.15, 0.2) is 0 Å². The smallest absolute Gasteiger partial charge is 0.267 e. The molecule has 4 nitrogen and oxygen atoms in total. The van der Waals surface area contributed by atoms with Gasteiger partial charge in [-0.05, 0) is 42.3 Å². The summed E-state index contributed by atoms with van der Waals surface area (Å²) in [6.45, 7) is 4.62. The van der Waals surface area contributed by atoms with Crippen LogP contribution >= 0.6 is 15.9 Å². The number of halogens is 1. The maximum absolute atomic E-state index is 12.0. The highest BCUT2D eigenvalue weighted by Gasteiger charge is 2.14. The van der Waals surface area contributed by atoms with Crippen molar-refractivity contribution in [3.05, 3.63) is 22.4 Å². The zero-order chi connectivity index (χ0) is 13.7. The Labute approximate surface area is 119 Å². The second-order valence-corrected chi connectivity index (χ2v) is 6.90. The second kappa shape index (κ2) is 7.09. The number of carbonyl (C=O) groups is 1. The normalized spacial score (nSPS) is 12.7. The fourth-order valence-electron chi connectivity index (χ4n) is 1.62. The summed E-state index contributed by atoms with van der Waals surface area (Å²) in [5.41, 5.74) is 0.648. The van der Waals surface area contributed by atoms with Crippen LogP contribution in [0.3, 0.4) is 0 Å². The van der Waals surface area contributed by atoms with Crippen LogP contribution in [0.2, 0.25) is 0 Å². The number of hydrogen-bond donors (Lipinski definition) is 1. The second-order valence-electron chi connectivity index (χ2n) is 4.43. The molecule has 0 radical (unpaired) electrons. The van der Waals surface area contributed by atoms with E-state index < -0.39 is 10.8 Å². The summed E-state index contributed by atoms with van der Waals surface area (Å²) in [5, 5.41) is 2.85. The van der Waals surface area contributed by atoms with Crippen LogP contribution in [0.15, 0.2) is 16.7 Å². The first-order valence-corrected chi connectivity index (χ1v) is 8.39. The minimum absolute atomic E-state index is 0.0868. The lowest BCUT2D eigenvalue weighted by molar-refractivity contribution is 0.0943. The van der Waals surface area contributed by atoms with Crippen molar-refractivity contribution in [2.45, 2.75) is 26.3 Å². The Morgan fingerprint density at radius 2 is 2.22 bits per heavy atom. The molecule has 1 rings (SSSR count). The minimum Gasteiger partial charge on any atom is -0.351 e. The molecule has 0 saturated carbocycles. The first-order valence-electron chi connectivity index (χ1n) is 5.87. The fraction of sp³-hybridized carbons (Fsp3) is 0.583. The third-order valence-corrected chi connectivity index (χ3v) is 3.80. The lowest BCUT2D eigenvalue weighted by Gasteiger charge is -2.12. The molecule has 18 heavy (non-hydrogen) atoms. The summed E-state index contributed by atoms with van der Waals surface area (Å²) >= 11 is 3.38. The van der Waals surface area contributed by atoms with Crippen LogP contribution in [0.25, 0.3) is 0 Å². The molecule has 1 N–H and O–H groups in total. The molecule has 1 atom stereocenters. The van der Waals surface area contributed by atoms with Crippen LogP contribution in [0.5, 0.6) is 0 Å². The van der Waals surface area contributed by atoms with Crippen molar-refractivity contribution in [2.75, 3.05) is 18.6 Å². The van der Waals surface area contributed by atoms with Crippen LogP contribution in [0.4, 0.5) is 0 Å². The lowest BCUT2D eigenvalue weighted by Crippen LogP contribution is -2.27. The lowest BCUT2D eigenvalue weighted by atomic mass is 10.3. The Morgan fingerprint density at radius 3 is 2.78 bits per heavy atom. The highest BCUT2D eigenvalue weighted by Crippen LogP contribution is 2.19. The van der Waals surface area contributed by atoms with Gasteiger partial charge in [-0.25, -0.2) is 0 Å². The van der Waals surface area contributed by atoms with Crippen LogP contribution in [-0.4, -0.2) is 33.2 Å². The Kier molecular flexibility index (Phi) is 6.08. The third kappa shape index (κ3) is 4.57. The van der Waals surface area contributed by atoms with E-state index >= 15 is 0 Å². The average Bonchev–Trinajstić information content (AvgIpc) is 2.66. The number of carbonyl (C=O) groups excluding carboxylic acids is 1. The summed E-state index contributed by atoms with van der Waals surface area (Å²) in [7, 11) is -0.796. The molecule has 1 aromatic rings. The van der Waals surface area contributed by atoms with Gasteiger partial charge in [0, 0.05) is 46.1 Å². The predicted octanol–water partition coefficient (Wildman–Crippen LogP) is 2.33. The van der Waals surface area contributed by atoms with Gasteiger partial charge in [-0.1, -0.05) is 0 Å². The van der Waals surface area contributed by atoms with Gasteiger partial charge < -0.3 is 9.88 Å². The van der Waals surface area contributed by atoms with E-state index in [-0.39, 0.29) is 11.9 Å². The monoisotopic (exact) mass is 334 g/mol. The maximum Gasteiger partial charge on any atom is 0.267 e. The molecule has 0 aliphatic rings. The van der Waals surface area contributed by atoms with E-state index in [0.29, 0.717) is 18.0 Å². The fourth-order valence-corrected chi connectivity index (χ4v) is 2.61. The summed E-state index contributed by atoms with van der Waals surface area (Å²) < 4.78 is 13.7. The molecule has 0 spiro atoms. The zero-order valence-electron chi connectivity index (χ0n) is 10.9. The summed E-state index contributed by atoms with van der Waals surface area (Å²) in [6, 6.07) is 2.05. The van der Waals surface area contributed by atoms with Gasteiger partial charge >= 0.3 is 0 Å². The number of nitrogens with zero attached hydrogens (tertiary/aromatic N) is 1. The minimum atomic E-state index is -0.796. The SMILES string of the molecule is CC(C)n1cc(Br)cc1C(=O)NCCCS(C)=O. The van der Waals surface area contributed by atoms with Gasteiger partial charge in [-0.15, -0.1) is 0 Å². The first kappa shape index (κ1) is 15.4. The summed E-state index contributed by atoms with van der Waals surface area (Å²) in [6.07, 6.45) is 4.31. The van der Waals surface area contributed by atoms with Crippen molar-refractivity contribution in [1.29, 1.82) is 0 Å². The Balaban J connectivity index is 2.58. The number of nitrogens with one attached hydrogen (secondary N) is 1. The molecule has 0 aliphatic heterocycles. The van der Waals surface area contributed by atoms with E-state index in [9.17, 15) is 9.00 Å². The number of hydrogen-bond acceptors (Lipinski definition) is 2. The van der Waals surface area contributed by atoms with Crippen LogP contribution in [0.1, 0.15) is 36.8 Å². The van der Waals surface area contributed by atoms with Crippen molar-refractivity contribution >= 4 is 32.6 Å². The van der Waals surface area contributed by atoms with Crippen molar-refractivity contribution in [2.24, 2.45) is 0 Å². The number of aromatic nitrogens is 1. The third-order valence-electron chi connectivity index (χ3n) is 2.50. The topological polar surface area (TPSA) is 51.1 Å². The predicted molar refractivity (Wildman–Crippen MR) is 78.4 cm³/mol. The Bertz CT molecular complexity index is 443. The molecule has 6 heteroatoms. The molecule has 1 unspecified atom stereocenters. The molecule has 0 aromatic carbocycles. The molecule has 1 amide bonds. The van der Waals surface area contributed by atoms with E-state index in [1.54, 1.807) is 6.26 Å². The zero-order valence-corrected chi connectivity index (χ0v) is 13.3. The molecular formula is C12H19BrN2O2S. The Hall–Kier alpha value is -0.620. The van der Waals surface area contributed by atoms with Gasteiger partial charge in [0.25, 0.3) is 5.91 Å². The van der Waals surface area contributed by atoms with Crippen molar-refractivity contribution in [3.8, 4) is 0 Å². The first-order chi connectivity index (χ1) is 8.41. The molecule has 1 heterocycles. The van der Waals surface area contributed by atoms with Gasteiger partial charge in [-0.2, -0.15) is 0 Å². The molecule has 102 valence electrons. The molecule has 0 bridgehead atoms. The van der Waals surface area contributed by atoms with E-state index in [4.69, 9.17) is 0 Å².